The van der Waals surface area contributed by atoms with Gasteiger partial charge in [-0.2, -0.15) is 0 Å². The molecule has 0 spiro atoms. The lowest BCUT2D eigenvalue weighted by molar-refractivity contribution is 0.171. The summed E-state index contributed by atoms with van der Waals surface area (Å²) in [5.41, 5.74) is 2.49. The number of hydrogen-bond donors (Lipinski definition) is 1. The average Bonchev–Trinajstić information content (AvgIpc) is 2.88. The highest BCUT2D eigenvalue weighted by atomic mass is 16.7. The van der Waals surface area contributed by atoms with Crippen molar-refractivity contribution in [1.82, 2.24) is 5.32 Å². The van der Waals surface area contributed by atoms with Crippen molar-refractivity contribution in [2.24, 2.45) is 0 Å². The Morgan fingerprint density at radius 3 is 3.11 bits per heavy atom. The highest BCUT2D eigenvalue weighted by Crippen LogP contribution is 2.43. The Kier molecular flexibility index (Phi) is 3.39. The van der Waals surface area contributed by atoms with Crippen molar-refractivity contribution in [1.29, 1.82) is 0 Å². The molecule has 1 saturated heterocycles. The van der Waals surface area contributed by atoms with Gasteiger partial charge in [0.2, 0.25) is 6.79 Å². The molecule has 18 heavy (non-hydrogen) atoms. The van der Waals surface area contributed by atoms with Gasteiger partial charge in [0.05, 0.1) is 6.61 Å². The van der Waals surface area contributed by atoms with Gasteiger partial charge >= 0.3 is 0 Å². The fourth-order valence-electron chi connectivity index (χ4n) is 2.86. The summed E-state index contributed by atoms with van der Waals surface area (Å²) in [6, 6.07) is 4.08. The van der Waals surface area contributed by atoms with Crippen molar-refractivity contribution in [3.63, 3.8) is 0 Å². The molecule has 1 aromatic carbocycles. The Hall–Kier alpha value is -1.26. The maximum Gasteiger partial charge on any atom is 0.231 e. The molecule has 1 fully saturated rings. The fraction of sp³-hybridized carbons (Fsp3) is 0.571. The lowest BCUT2D eigenvalue weighted by Crippen LogP contribution is -2.29. The second-order valence-electron chi connectivity index (χ2n) is 4.85. The van der Waals surface area contributed by atoms with Crippen LogP contribution >= 0.6 is 0 Å². The van der Waals surface area contributed by atoms with E-state index >= 15 is 0 Å². The minimum atomic E-state index is 0.332. The van der Waals surface area contributed by atoms with Gasteiger partial charge in [0.15, 0.2) is 11.5 Å². The Labute approximate surface area is 107 Å². The second kappa shape index (κ2) is 5.16. The van der Waals surface area contributed by atoms with E-state index in [1.807, 2.05) is 6.07 Å². The summed E-state index contributed by atoms with van der Waals surface area (Å²) < 4.78 is 16.4. The van der Waals surface area contributed by atoms with E-state index in [4.69, 9.17) is 14.2 Å². The fourth-order valence-corrected chi connectivity index (χ4v) is 2.86. The molecule has 0 radical (unpaired) electrons. The van der Waals surface area contributed by atoms with Crippen molar-refractivity contribution in [3.8, 4) is 11.5 Å². The number of ether oxygens (including phenoxy) is 3. The first-order chi connectivity index (χ1) is 8.90. The smallest absolute Gasteiger partial charge is 0.231 e. The average molecular weight is 249 g/mol. The molecular formula is C14H19NO3. The monoisotopic (exact) mass is 249 g/mol. The van der Waals surface area contributed by atoms with Crippen LogP contribution in [0.15, 0.2) is 12.1 Å². The minimum Gasteiger partial charge on any atom is -0.454 e. The number of benzene rings is 1. The normalized spacial score (nSPS) is 22.2. The lowest BCUT2D eigenvalue weighted by Gasteiger charge is -2.26. The van der Waals surface area contributed by atoms with E-state index in [1.165, 1.54) is 24.0 Å². The molecule has 0 amide bonds. The molecule has 3 rings (SSSR count). The third-order valence-corrected chi connectivity index (χ3v) is 3.67. The summed E-state index contributed by atoms with van der Waals surface area (Å²) in [6.45, 7) is 3.08. The first-order valence-electron chi connectivity index (χ1n) is 6.51. The molecule has 2 aliphatic heterocycles. The van der Waals surface area contributed by atoms with Crippen LogP contribution in [0.1, 0.15) is 29.9 Å². The van der Waals surface area contributed by atoms with E-state index in [2.05, 4.69) is 11.4 Å². The highest BCUT2D eigenvalue weighted by Gasteiger charge is 2.27. The van der Waals surface area contributed by atoms with Crippen molar-refractivity contribution in [2.75, 3.05) is 27.0 Å². The summed E-state index contributed by atoms with van der Waals surface area (Å²) in [7, 11) is 1.73. The molecule has 2 aliphatic rings. The predicted octanol–water partition coefficient (Wildman–Crippen LogP) is 2.03. The second-order valence-corrected chi connectivity index (χ2v) is 4.85. The van der Waals surface area contributed by atoms with E-state index in [0.29, 0.717) is 19.3 Å². The number of nitrogens with one attached hydrogen (secondary N) is 1. The molecular weight excluding hydrogens is 230 g/mol. The van der Waals surface area contributed by atoms with Crippen LogP contribution in [-0.4, -0.2) is 27.0 Å². The summed E-state index contributed by atoms with van der Waals surface area (Å²) in [5, 5.41) is 3.46. The first-order valence-corrected chi connectivity index (χ1v) is 6.51. The van der Waals surface area contributed by atoms with Gasteiger partial charge in [-0.15, -0.1) is 0 Å². The van der Waals surface area contributed by atoms with Gasteiger partial charge in [-0.25, -0.2) is 0 Å². The van der Waals surface area contributed by atoms with Crippen LogP contribution in [0, 0.1) is 0 Å². The molecule has 0 aliphatic carbocycles. The molecule has 0 bridgehead atoms. The number of fused-ring (bicyclic) bond motifs is 1. The predicted molar refractivity (Wildman–Crippen MR) is 68.1 cm³/mol. The van der Waals surface area contributed by atoms with Gasteiger partial charge in [0, 0.05) is 25.1 Å². The van der Waals surface area contributed by atoms with Crippen molar-refractivity contribution >= 4 is 0 Å². The summed E-state index contributed by atoms with van der Waals surface area (Å²) in [6.07, 6.45) is 2.41. The third kappa shape index (κ3) is 2.06. The van der Waals surface area contributed by atoms with Gasteiger partial charge < -0.3 is 19.5 Å². The van der Waals surface area contributed by atoms with E-state index in [0.717, 1.165) is 24.6 Å². The minimum absolute atomic E-state index is 0.332. The van der Waals surface area contributed by atoms with Gasteiger partial charge in [-0.05, 0) is 31.0 Å². The van der Waals surface area contributed by atoms with Crippen LogP contribution in [0.3, 0.4) is 0 Å². The topological polar surface area (TPSA) is 39.7 Å². The van der Waals surface area contributed by atoms with Crippen LogP contribution < -0.4 is 14.8 Å². The standard InChI is InChI=1S/C14H19NO3/c1-16-8-11-4-5-12-14(18-9-17-12)13(11)10-3-2-6-15-7-10/h4-5,10,15H,2-3,6-9H2,1H3. The van der Waals surface area contributed by atoms with Gasteiger partial charge in [-0.3, -0.25) is 0 Å². The van der Waals surface area contributed by atoms with Crippen LogP contribution in [0.5, 0.6) is 11.5 Å². The van der Waals surface area contributed by atoms with E-state index in [9.17, 15) is 0 Å². The zero-order valence-corrected chi connectivity index (χ0v) is 10.7. The summed E-state index contributed by atoms with van der Waals surface area (Å²) >= 11 is 0. The largest absolute Gasteiger partial charge is 0.454 e. The maximum atomic E-state index is 5.66. The SMILES string of the molecule is COCc1ccc2c(c1C1CCCNC1)OCO2. The molecule has 0 aromatic heterocycles. The molecule has 0 saturated carbocycles. The van der Waals surface area contributed by atoms with E-state index in [-0.39, 0.29) is 0 Å². The lowest BCUT2D eigenvalue weighted by atomic mass is 9.87. The highest BCUT2D eigenvalue weighted by molar-refractivity contribution is 5.54. The molecule has 4 nitrogen and oxygen atoms in total. The molecule has 1 unspecified atom stereocenters. The molecule has 1 aromatic rings. The van der Waals surface area contributed by atoms with Crippen LogP contribution in [0.25, 0.3) is 0 Å². The molecule has 98 valence electrons. The Morgan fingerprint density at radius 1 is 1.39 bits per heavy atom. The van der Waals surface area contributed by atoms with E-state index in [1.54, 1.807) is 7.11 Å². The molecule has 1 N–H and O–H groups in total. The Balaban J connectivity index is 2.00. The number of piperidine rings is 1. The molecule has 1 atom stereocenters. The third-order valence-electron chi connectivity index (χ3n) is 3.67. The number of methoxy groups -OCH3 is 1. The van der Waals surface area contributed by atoms with Crippen molar-refractivity contribution in [2.45, 2.75) is 25.4 Å². The van der Waals surface area contributed by atoms with E-state index < -0.39 is 0 Å². The number of hydrogen-bond acceptors (Lipinski definition) is 4. The van der Waals surface area contributed by atoms with Gasteiger partial charge in [0.25, 0.3) is 0 Å². The van der Waals surface area contributed by atoms with Gasteiger partial charge in [0.1, 0.15) is 0 Å². The maximum absolute atomic E-state index is 5.66. The van der Waals surface area contributed by atoms with Crippen LogP contribution in [-0.2, 0) is 11.3 Å². The zero-order chi connectivity index (χ0) is 12.4. The zero-order valence-electron chi connectivity index (χ0n) is 10.7. The van der Waals surface area contributed by atoms with Crippen LogP contribution in [0.2, 0.25) is 0 Å². The first kappa shape index (κ1) is 11.8. The Morgan fingerprint density at radius 2 is 2.33 bits per heavy atom. The van der Waals surface area contributed by atoms with Crippen LogP contribution in [0.4, 0.5) is 0 Å². The Bertz CT molecular complexity index is 427. The summed E-state index contributed by atoms with van der Waals surface area (Å²) in [4.78, 5) is 0. The molecule has 4 heteroatoms. The van der Waals surface area contributed by atoms with Crippen molar-refractivity contribution in [3.05, 3.63) is 23.3 Å². The number of rotatable bonds is 3. The van der Waals surface area contributed by atoms with Crippen molar-refractivity contribution < 1.29 is 14.2 Å². The summed E-state index contributed by atoms with van der Waals surface area (Å²) in [5.74, 6) is 2.30. The van der Waals surface area contributed by atoms with Gasteiger partial charge in [-0.1, -0.05) is 6.07 Å². The molecule has 2 heterocycles. The quantitative estimate of drug-likeness (QED) is 0.889.